The molecule has 128 valence electrons. The van der Waals surface area contributed by atoms with Gasteiger partial charge in [-0.25, -0.2) is 8.42 Å². The Morgan fingerprint density at radius 1 is 1.35 bits per heavy atom. The maximum atomic E-state index is 13.0. The number of hydrogen-bond donors (Lipinski definition) is 0. The number of esters is 1. The molecule has 0 bridgehead atoms. The minimum Gasteiger partial charge on any atom is -0.465 e. The smallest absolute Gasteiger partial charge is 0.324 e. The van der Waals surface area contributed by atoms with Crippen molar-refractivity contribution in [3.63, 3.8) is 0 Å². The largest absolute Gasteiger partial charge is 0.465 e. The second-order valence-electron chi connectivity index (χ2n) is 5.08. The molecule has 1 aromatic carbocycles. The Kier molecular flexibility index (Phi) is 6.35. The molecule has 0 aromatic heterocycles. The molecular weight excluding hydrogens is 429 g/mol. The highest BCUT2D eigenvalue weighted by Gasteiger charge is 2.40. The summed E-state index contributed by atoms with van der Waals surface area (Å²) in [4.78, 5) is 11.9. The predicted molar refractivity (Wildman–Crippen MR) is 92.3 cm³/mol. The second-order valence-corrected chi connectivity index (χ2v) is 8.64. The Balaban J connectivity index is 2.46. The maximum absolute atomic E-state index is 13.0. The summed E-state index contributed by atoms with van der Waals surface area (Å²) < 4.78 is 32.7. The number of benzene rings is 1. The number of ether oxygens (including phenoxy) is 1. The van der Waals surface area contributed by atoms with Crippen molar-refractivity contribution in [2.45, 2.75) is 37.1 Å². The lowest BCUT2D eigenvalue weighted by atomic mass is 10.1. The molecule has 1 atom stereocenters. The summed E-state index contributed by atoms with van der Waals surface area (Å²) in [5.74, 6) is -0.542. The number of rotatable bonds is 4. The zero-order chi connectivity index (χ0) is 17.2. The quantitative estimate of drug-likeness (QED) is 0.661. The number of halogens is 3. The van der Waals surface area contributed by atoms with E-state index in [0.29, 0.717) is 17.3 Å². The maximum Gasteiger partial charge on any atom is 0.324 e. The van der Waals surface area contributed by atoms with Crippen LogP contribution in [0, 0.1) is 0 Å². The van der Waals surface area contributed by atoms with Gasteiger partial charge in [-0.3, -0.25) is 4.79 Å². The molecule has 1 unspecified atom stereocenters. The molecule has 0 saturated carbocycles. The van der Waals surface area contributed by atoms with E-state index in [1.54, 1.807) is 6.92 Å². The first-order chi connectivity index (χ1) is 10.8. The van der Waals surface area contributed by atoms with Gasteiger partial charge in [0.1, 0.15) is 10.9 Å². The Morgan fingerprint density at radius 2 is 1.96 bits per heavy atom. The number of nitrogens with zero attached hydrogens (tertiary/aromatic N) is 1. The fourth-order valence-corrected chi connectivity index (χ4v) is 6.09. The molecule has 1 aliphatic heterocycles. The van der Waals surface area contributed by atoms with Crippen LogP contribution in [0.15, 0.2) is 21.5 Å². The number of hydrogen-bond acceptors (Lipinski definition) is 4. The van der Waals surface area contributed by atoms with Gasteiger partial charge in [0, 0.05) is 11.0 Å². The third kappa shape index (κ3) is 4.02. The molecule has 1 saturated heterocycles. The Bertz CT molecular complexity index is 688. The van der Waals surface area contributed by atoms with Gasteiger partial charge in [0.25, 0.3) is 0 Å². The molecule has 1 aliphatic rings. The van der Waals surface area contributed by atoms with E-state index in [1.165, 1.54) is 12.1 Å². The van der Waals surface area contributed by atoms with Gasteiger partial charge in [-0.05, 0) is 38.3 Å². The molecule has 0 radical (unpaired) electrons. The van der Waals surface area contributed by atoms with E-state index in [-0.39, 0.29) is 28.1 Å². The standard InChI is InChI=1S/C14H16BrCl2NO4S/c1-2-22-14(19)12-5-3-4-6-18(12)23(20,21)13-10(16)7-9(15)8-11(13)17/h7-8,12H,2-6H2,1H3. The molecule has 0 spiro atoms. The molecule has 1 fully saturated rings. The number of carbonyl (C=O) groups is 1. The van der Waals surface area contributed by atoms with Crippen molar-refractivity contribution >= 4 is 55.1 Å². The van der Waals surface area contributed by atoms with Crippen LogP contribution in [0.5, 0.6) is 0 Å². The van der Waals surface area contributed by atoms with Crippen molar-refractivity contribution < 1.29 is 17.9 Å². The van der Waals surface area contributed by atoms with Crippen LogP contribution in [-0.4, -0.2) is 37.9 Å². The third-order valence-corrected chi connectivity index (χ3v) is 6.83. The molecule has 0 amide bonds. The van der Waals surface area contributed by atoms with Crippen LogP contribution in [0.3, 0.4) is 0 Å². The van der Waals surface area contributed by atoms with Gasteiger partial charge in [-0.1, -0.05) is 39.1 Å². The Hall–Kier alpha value is -0.340. The molecule has 0 N–H and O–H groups in total. The SMILES string of the molecule is CCOC(=O)C1CCCCN1S(=O)(=O)c1c(Cl)cc(Br)cc1Cl. The first-order valence-corrected chi connectivity index (χ1v) is 10.1. The highest BCUT2D eigenvalue weighted by atomic mass is 79.9. The lowest BCUT2D eigenvalue weighted by Crippen LogP contribution is -2.48. The van der Waals surface area contributed by atoms with Crippen molar-refractivity contribution in [1.82, 2.24) is 4.31 Å². The molecule has 1 heterocycles. The average molecular weight is 445 g/mol. The van der Waals surface area contributed by atoms with E-state index >= 15 is 0 Å². The zero-order valence-corrected chi connectivity index (χ0v) is 16.3. The van der Waals surface area contributed by atoms with Crippen LogP contribution >= 0.6 is 39.1 Å². The summed E-state index contributed by atoms with van der Waals surface area (Å²) in [5.41, 5.74) is 0. The Labute approximate surface area is 154 Å². The van der Waals surface area contributed by atoms with Gasteiger partial charge < -0.3 is 4.74 Å². The monoisotopic (exact) mass is 443 g/mol. The molecule has 9 heteroatoms. The predicted octanol–water partition coefficient (Wildman–Crippen LogP) is 3.86. The van der Waals surface area contributed by atoms with Crippen molar-refractivity contribution in [3.05, 3.63) is 26.7 Å². The van der Waals surface area contributed by atoms with Gasteiger partial charge in [0.2, 0.25) is 10.0 Å². The van der Waals surface area contributed by atoms with Crippen LogP contribution < -0.4 is 0 Å². The summed E-state index contributed by atoms with van der Waals surface area (Å²) in [6, 6.07) is 2.08. The fourth-order valence-electron chi connectivity index (χ4n) is 2.56. The lowest BCUT2D eigenvalue weighted by Gasteiger charge is -2.33. The highest BCUT2D eigenvalue weighted by molar-refractivity contribution is 9.10. The lowest BCUT2D eigenvalue weighted by molar-refractivity contribution is -0.148. The summed E-state index contributed by atoms with van der Waals surface area (Å²) in [7, 11) is -4.00. The number of piperidine rings is 1. The molecule has 2 rings (SSSR count). The summed E-state index contributed by atoms with van der Waals surface area (Å²) in [6.07, 6.45) is 1.85. The number of carbonyl (C=O) groups excluding carboxylic acids is 1. The molecular formula is C14H16BrCl2NO4S. The van der Waals surface area contributed by atoms with Gasteiger partial charge in [-0.15, -0.1) is 0 Å². The van der Waals surface area contributed by atoms with Crippen LogP contribution in [0.2, 0.25) is 10.0 Å². The highest BCUT2D eigenvalue weighted by Crippen LogP contribution is 2.36. The van der Waals surface area contributed by atoms with E-state index < -0.39 is 22.0 Å². The van der Waals surface area contributed by atoms with Crippen LogP contribution in [0.1, 0.15) is 26.2 Å². The topological polar surface area (TPSA) is 63.7 Å². The minimum atomic E-state index is -4.00. The molecule has 23 heavy (non-hydrogen) atoms. The average Bonchev–Trinajstić information content (AvgIpc) is 2.46. The fraction of sp³-hybridized carbons (Fsp3) is 0.500. The van der Waals surface area contributed by atoms with E-state index in [0.717, 1.165) is 10.7 Å². The minimum absolute atomic E-state index is 0.0116. The first kappa shape index (κ1) is 19.0. The van der Waals surface area contributed by atoms with Gasteiger partial charge in [-0.2, -0.15) is 4.31 Å². The van der Waals surface area contributed by atoms with Crippen LogP contribution in [-0.2, 0) is 19.6 Å². The van der Waals surface area contributed by atoms with Crippen molar-refractivity contribution in [2.75, 3.05) is 13.2 Å². The van der Waals surface area contributed by atoms with E-state index in [1.807, 2.05) is 0 Å². The molecule has 5 nitrogen and oxygen atoms in total. The van der Waals surface area contributed by atoms with E-state index in [4.69, 9.17) is 27.9 Å². The second kappa shape index (κ2) is 7.70. The van der Waals surface area contributed by atoms with Gasteiger partial charge in [0.15, 0.2) is 0 Å². The van der Waals surface area contributed by atoms with Crippen molar-refractivity contribution in [3.8, 4) is 0 Å². The first-order valence-electron chi connectivity index (χ1n) is 7.12. The number of sulfonamides is 1. The summed E-state index contributed by atoms with van der Waals surface area (Å²) >= 11 is 15.4. The van der Waals surface area contributed by atoms with Crippen LogP contribution in [0.25, 0.3) is 0 Å². The third-order valence-electron chi connectivity index (χ3n) is 3.54. The van der Waals surface area contributed by atoms with Crippen molar-refractivity contribution in [2.24, 2.45) is 0 Å². The summed E-state index contributed by atoms with van der Waals surface area (Å²) in [5, 5.41) is 0.0233. The zero-order valence-electron chi connectivity index (χ0n) is 12.4. The Morgan fingerprint density at radius 3 is 2.52 bits per heavy atom. The van der Waals surface area contributed by atoms with Gasteiger partial charge >= 0.3 is 5.97 Å². The van der Waals surface area contributed by atoms with Crippen molar-refractivity contribution in [1.29, 1.82) is 0 Å². The van der Waals surface area contributed by atoms with E-state index in [2.05, 4.69) is 15.9 Å². The summed E-state index contributed by atoms with van der Waals surface area (Å²) in [6.45, 7) is 2.11. The van der Waals surface area contributed by atoms with Crippen LogP contribution in [0.4, 0.5) is 0 Å². The normalized spacial score (nSPS) is 19.6. The van der Waals surface area contributed by atoms with Gasteiger partial charge in [0.05, 0.1) is 16.7 Å². The van der Waals surface area contributed by atoms with E-state index in [9.17, 15) is 13.2 Å². The molecule has 0 aliphatic carbocycles. The molecule has 1 aromatic rings.